The number of rotatable bonds is 7. The largest absolute Gasteiger partial charge is 0.270 e. The first-order valence-electron chi connectivity index (χ1n) is 8.01. The van der Waals surface area contributed by atoms with Crippen LogP contribution in [0.5, 0.6) is 0 Å². The molecule has 0 radical (unpaired) electrons. The number of hydrogen-bond acceptors (Lipinski definition) is 2. The average molecular weight is 364 g/mol. The molecule has 0 amide bonds. The maximum absolute atomic E-state index is 3.10. The summed E-state index contributed by atoms with van der Waals surface area (Å²) >= 11 is 0. The molecule has 0 aromatic heterocycles. The summed E-state index contributed by atoms with van der Waals surface area (Å²) in [4.78, 5) is 0. The quantitative estimate of drug-likeness (QED) is 0.652. The standard InChI is InChI=1S/C18H27N2P3/c1-5-19(4)23(21)20(16(2)3)22(17-12-8-6-9-13-17)18-14-10-7-11-15-18/h6-16H,5,21H2,1-4H3. The molecule has 5 heteroatoms. The third-order valence-electron chi connectivity index (χ3n) is 3.69. The van der Waals surface area contributed by atoms with Crippen molar-refractivity contribution < 1.29 is 0 Å². The van der Waals surface area contributed by atoms with Crippen LogP contribution in [0.3, 0.4) is 0 Å². The third-order valence-corrected chi connectivity index (χ3v) is 11.6. The lowest BCUT2D eigenvalue weighted by Gasteiger charge is -2.42. The van der Waals surface area contributed by atoms with Crippen molar-refractivity contribution in [3.05, 3.63) is 60.7 Å². The van der Waals surface area contributed by atoms with Gasteiger partial charge in [0.15, 0.2) is 0 Å². The Bertz CT molecular complexity index is 538. The molecule has 0 heterocycles. The van der Waals surface area contributed by atoms with Crippen molar-refractivity contribution in [1.29, 1.82) is 0 Å². The van der Waals surface area contributed by atoms with E-state index in [4.69, 9.17) is 0 Å². The lowest BCUT2D eigenvalue weighted by molar-refractivity contribution is 0.512. The van der Waals surface area contributed by atoms with E-state index in [1.807, 2.05) is 0 Å². The van der Waals surface area contributed by atoms with Crippen LogP contribution >= 0.6 is 24.9 Å². The van der Waals surface area contributed by atoms with Gasteiger partial charge in [-0.25, -0.2) is 4.44 Å². The Hall–Kier alpha value is -0.350. The molecule has 2 aromatic rings. The maximum atomic E-state index is 3.10. The normalized spacial score (nSPS) is 13.3. The maximum Gasteiger partial charge on any atom is 0.0624 e. The zero-order chi connectivity index (χ0) is 16.8. The van der Waals surface area contributed by atoms with Gasteiger partial charge in [0.25, 0.3) is 0 Å². The summed E-state index contributed by atoms with van der Waals surface area (Å²) in [5.74, 6) is 0. The molecule has 0 aliphatic heterocycles. The lowest BCUT2D eigenvalue weighted by atomic mass is 10.4. The molecule has 0 N–H and O–H groups in total. The summed E-state index contributed by atoms with van der Waals surface area (Å²) in [6.45, 7) is 7.91. The van der Waals surface area contributed by atoms with Crippen molar-refractivity contribution in [3.63, 3.8) is 0 Å². The van der Waals surface area contributed by atoms with Crippen LogP contribution in [0.25, 0.3) is 0 Å². The van der Waals surface area contributed by atoms with Gasteiger partial charge in [0.1, 0.15) is 0 Å². The molecule has 2 unspecified atom stereocenters. The van der Waals surface area contributed by atoms with E-state index in [-0.39, 0.29) is 0 Å². The summed E-state index contributed by atoms with van der Waals surface area (Å²) < 4.78 is 5.14. The highest BCUT2D eigenvalue weighted by molar-refractivity contribution is 8.13. The van der Waals surface area contributed by atoms with Gasteiger partial charge in [-0.3, -0.25) is 4.67 Å². The summed E-state index contributed by atoms with van der Waals surface area (Å²) in [5, 5.41) is 2.84. The summed E-state index contributed by atoms with van der Waals surface area (Å²) in [5.41, 5.74) is 0. The fraction of sp³-hybridized carbons (Fsp3) is 0.333. The van der Waals surface area contributed by atoms with E-state index < -0.39 is 16.0 Å². The topological polar surface area (TPSA) is 6.48 Å². The van der Waals surface area contributed by atoms with Gasteiger partial charge in [-0.2, -0.15) is 0 Å². The van der Waals surface area contributed by atoms with E-state index in [1.54, 1.807) is 0 Å². The Kier molecular flexibility index (Phi) is 7.61. The summed E-state index contributed by atoms with van der Waals surface area (Å²) in [6.07, 6.45) is 0. The number of benzene rings is 2. The number of hydrogen-bond donors (Lipinski definition) is 0. The van der Waals surface area contributed by atoms with Crippen LogP contribution in [0.15, 0.2) is 60.7 Å². The summed E-state index contributed by atoms with van der Waals surface area (Å²) in [6, 6.07) is 22.4. The van der Waals surface area contributed by atoms with Crippen LogP contribution in [-0.4, -0.2) is 28.7 Å². The lowest BCUT2D eigenvalue weighted by Crippen LogP contribution is -2.32. The molecule has 0 bridgehead atoms. The first kappa shape index (κ1) is 19.0. The fourth-order valence-corrected chi connectivity index (χ4v) is 9.58. The van der Waals surface area contributed by atoms with Crippen LogP contribution < -0.4 is 10.6 Å². The van der Waals surface area contributed by atoms with Gasteiger partial charge in [-0.1, -0.05) is 76.5 Å². The molecule has 0 aliphatic carbocycles. The predicted octanol–water partition coefficient (Wildman–Crippen LogP) is 4.80. The Balaban J connectivity index is 2.50. The highest BCUT2D eigenvalue weighted by Gasteiger charge is 2.30. The average Bonchev–Trinajstić information content (AvgIpc) is 2.59. The molecule has 2 atom stereocenters. The molecule has 0 saturated heterocycles. The molecule has 0 aliphatic rings. The Morgan fingerprint density at radius 2 is 1.35 bits per heavy atom. The molecule has 0 saturated carbocycles. The van der Waals surface area contributed by atoms with Crippen molar-refractivity contribution in [2.75, 3.05) is 13.6 Å². The van der Waals surface area contributed by atoms with Crippen LogP contribution in [0, 0.1) is 0 Å². The van der Waals surface area contributed by atoms with Crippen LogP contribution in [0.4, 0.5) is 0 Å². The summed E-state index contributed by atoms with van der Waals surface area (Å²) in [7, 11) is 4.37. The smallest absolute Gasteiger partial charge is 0.0624 e. The van der Waals surface area contributed by atoms with Gasteiger partial charge >= 0.3 is 0 Å². The second-order valence-corrected chi connectivity index (χ2v) is 11.2. The SMILES string of the molecule is CCN(C)P(P)N(C(C)C)P(c1ccccc1)c1ccccc1. The van der Waals surface area contributed by atoms with E-state index in [1.165, 1.54) is 10.6 Å². The van der Waals surface area contributed by atoms with Crippen LogP contribution in [-0.2, 0) is 0 Å². The van der Waals surface area contributed by atoms with Gasteiger partial charge in [-0.15, -0.1) is 0 Å². The van der Waals surface area contributed by atoms with Gasteiger partial charge in [-0.05, 0) is 31.5 Å². The fourth-order valence-electron chi connectivity index (χ4n) is 2.38. The molecule has 0 fully saturated rings. The molecule has 2 nitrogen and oxygen atoms in total. The Morgan fingerprint density at radius 3 is 1.70 bits per heavy atom. The first-order chi connectivity index (χ1) is 11.1. The van der Waals surface area contributed by atoms with Gasteiger partial charge in [0.05, 0.1) is 7.91 Å². The van der Waals surface area contributed by atoms with Crippen LogP contribution in [0.2, 0.25) is 0 Å². The molecule has 2 aromatic carbocycles. The molecule has 23 heavy (non-hydrogen) atoms. The van der Waals surface area contributed by atoms with Crippen molar-refractivity contribution >= 4 is 35.5 Å². The number of nitrogens with zero attached hydrogens (tertiary/aromatic N) is 2. The minimum Gasteiger partial charge on any atom is -0.270 e. The predicted molar refractivity (Wildman–Crippen MR) is 111 cm³/mol. The Morgan fingerprint density at radius 1 is 0.913 bits per heavy atom. The highest BCUT2D eigenvalue weighted by Crippen LogP contribution is 2.62. The van der Waals surface area contributed by atoms with Crippen molar-refractivity contribution in [2.45, 2.75) is 26.8 Å². The molecule has 2 rings (SSSR count). The highest BCUT2D eigenvalue weighted by atomic mass is 32.0. The van der Waals surface area contributed by atoms with Gasteiger partial charge in [0, 0.05) is 20.7 Å². The zero-order valence-corrected chi connectivity index (χ0v) is 17.4. The van der Waals surface area contributed by atoms with Crippen molar-refractivity contribution in [3.8, 4) is 0 Å². The van der Waals surface area contributed by atoms with E-state index in [2.05, 4.69) is 107 Å². The van der Waals surface area contributed by atoms with Crippen molar-refractivity contribution in [2.24, 2.45) is 0 Å². The van der Waals surface area contributed by atoms with E-state index in [9.17, 15) is 0 Å². The third kappa shape index (κ3) is 4.82. The van der Waals surface area contributed by atoms with E-state index >= 15 is 0 Å². The monoisotopic (exact) mass is 364 g/mol. The van der Waals surface area contributed by atoms with Crippen molar-refractivity contribution in [1.82, 2.24) is 9.11 Å². The Labute approximate surface area is 146 Å². The molecular formula is C18H27N2P3. The molecule has 124 valence electrons. The first-order valence-corrected chi connectivity index (χ1v) is 12.2. The van der Waals surface area contributed by atoms with E-state index in [0.717, 1.165) is 6.54 Å². The van der Waals surface area contributed by atoms with E-state index in [0.29, 0.717) is 6.04 Å². The molecule has 0 spiro atoms. The van der Waals surface area contributed by atoms with Gasteiger partial charge < -0.3 is 0 Å². The zero-order valence-electron chi connectivity index (χ0n) is 14.4. The second kappa shape index (κ2) is 9.22. The minimum atomic E-state index is -0.532. The minimum absolute atomic E-state index is 0.419. The second-order valence-electron chi connectivity index (χ2n) is 5.69. The van der Waals surface area contributed by atoms with Crippen LogP contribution in [0.1, 0.15) is 20.8 Å². The van der Waals surface area contributed by atoms with Gasteiger partial charge in [0.2, 0.25) is 0 Å². The molecular weight excluding hydrogens is 337 g/mol.